The maximum absolute atomic E-state index is 14.3. The van der Waals surface area contributed by atoms with Gasteiger partial charge in [-0.15, -0.1) is 0 Å². The summed E-state index contributed by atoms with van der Waals surface area (Å²) in [6, 6.07) is 4.98. The van der Waals surface area contributed by atoms with Gasteiger partial charge in [-0.1, -0.05) is 6.07 Å². The van der Waals surface area contributed by atoms with E-state index in [9.17, 15) is 9.50 Å². The summed E-state index contributed by atoms with van der Waals surface area (Å²) in [5, 5.41) is 17.0. The molecule has 1 aromatic rings. The van der Waals surface area contributed by atoms with Gasteiger partial charge in [0.1, 0.15) is 0 Å². The monoisotopic (exact) mass is 395 g/mol. The number of hydrogen-bond acceptors (Lipinski definition) is 4. The topological polar surface area (TPSA) is 65.9 Å². The number of nitrogens with one attached hydrogen (secondary N) is 2. The molecular formula is C20H30FN3O2S. The molecule has 3 N–H and O–H groups in total. The summed E-state index contributed by atoms with van der Waals surface area (Å²) in [6.07, 6.45) is 3.13. The molecule has 7 heteroatoms. The Hall–Kier alpha value is -1.47. The number of guanidine groups is 1. The molecule has 1 saturated carbocycles. The number of hydrogen-bond donors (Lipinski definition) is 3. The van der Waals surface area contributed by atoms with Gasteiger partial charge in [0.15, 0.2) is 17.5 Å². The van der Waals surface area contributed by atoms with Crippen LogP contribution in [0.25, 0.3) is 0 Å². The van der Waals surface area contributed by atoms with Gasteiger partial charge in [-0.3, -0.25) is 4.99 Å². The van der Waals surface area contributed by atoms with E-state index in [1.165, 1.54) is 18.9 Å². The van der Waals surface area contributed by atoms with Crippen molar-refractivity contribution in [3.8, 4) is 5.75 Å². The van der Waals surface area contributed by atoms with E-state index >= 15 is 0 Å². The van der Waals surface area contributed by atoms with Gasteiger partial charge >= 0.3 is 0 Å². The van der Waals surface area contributed by atoms with E-state index in [1.54, 1.807) is 17.8 Å². The summed E-state index contributed by atoms with van der Waals surface area (Å²) in [6.45, 7) is 5.64. The Morgan fingerprint density at radius 3 is 2.93 bits per heavy atom. The third-order valence-corrected chi connectivity index (χ3v) is 6.17. The third-order valence-electron chi connectivity index (χ3n) is 4.94. The number of thioether (sulfide) groups is 1. The first-order chi connectivity index (χ1) is 13.0. The van der Waals surface area contributed by atoms with Crippen molar-refractivity contribution in [1.82, 2.24) is 10.6 Å². The summed E-state index contributed by atoms with van der Waals surface area (Å²) in [4.78, 5) is 4.54. The maximum Gasteiger partial charge on any atom is 0.191 e. The van der Waals surface area contributed by atoms with E-state index in [4.69, 9.17) is 4.74 Å². The maximum atomic E-state index is 14.3. The van der Waals surface area contributed by atoms with Crippen molar-refractivity contribution in [3.63, 3.8) is 0 Å². The van der Waals surface area contributed by atoms with Crippen LogP contribution in [0.2, 0.25) is 0 Å². The number of aliphatic imine (C=N–C) groups is 1. The molecule has 3 rings (SSSR count). The fourth-order valence-corrected chi connectivity index (χ4v) is 4.24. The zero-order valence-electron chi connectivity index (χ0n) is 16.1. The predicted octanol–water partition coefficient (Wildman–Crippen LogP) is 3.10. The summed E-state index contributed by atoms with van der Waals surface area (Å²) in [5.41, 5.74) is 0.107. The van der Waals surface area contributed by atoms with E-state index < -0.39 is 5.60 Å². The van der Waals surface area contributed by atoms with Crippen molar-refractivity contribution in [2.24, 2.45) is 10.9 Å². The van der Waals surface area contributed by atoms with Gasteiger partial charge in [0.25, 0.3) is 0 Å². The fourth-order valence-electron chi connectivity index (χ4n) is 2.95. The Kier molecular flexibility index (Phi) is 6.87. The standard InChI is InChI=1S/C20H30FN3O2S/c1-3-22-19(23-12-20(25)8-9-27-13-20)24-14(2)16-6-7-18(17(21)10-16)26-11-15-4-5-15/h6-7,10,14-15,25H,3-5,8-9,11-13H2,1-2H3,(H2,22,23,24). The van der Waals surface area contributed by atoms with E-state index in [1.807, 2.05) is 19.9 Å². The molecule has 1 aliphatic heterocycles. The molecule has 150 valence electrons. The first kappa shape index (κ1) is 20.3. The molecule has 1 heterocycles. The van der Waals surface area contributed by atoms with E-state index in [0.29, 0.717) is 37.3 Å². The predicted molar refractivity (Wildman–Crippen MR) is 109 cm³/mol. The highest BCUT2D eigenvalue weighted by Gasteiger charge is 2.31. The highest BCUT2D eigenvalue weighted by Crippen LogP contribution is 2.31. The molecule has 0 amide bonds. The lowest BCUT2D eigenvalue weighted by molar-refractivity contribution is 0.0778. The molecule has 0 aromatic heterocycles. The highest BCUT2D eigenvalue weighted by atomic mass is 32.2. The minimum absolute atomic E-state index is 0.123. The van der Waals surface area contributed by atoms with Gasteiger partial charge in [0.2, 0.25) is 0 Å². The molecule has 1 aliphatic carbocycles. The molecule has 5 nitrogen and oxygen atoms in total. The Bertz CT molecular complexity index is 661. The summed E-state index contributed by atoms with van der Waals surface area (Å²) < 4.78 is 19.9. The second-order valence-electron chi connectivity index (χ2n) is 7.53. The van der Waals surface area contributed by atoms with E-state index in [0.717, 1.165) is 23.5 Å². The number of rotatable bonds is 8. The second-order valence-corrected chi connectivity index (χ2v) is 8.64. The lowest BCUT2D eigenvalue weighted by Gasteiger charge is -2.22. The zero-order valence-corrected chi connectivity index (χ0v) is 16.9. The number of aliphatic hydroxyl groups is 1. The van der Waals surface area contributed by atoms with Gasteiger partial charge < -0.3 is 20.5 Å². The molecular weight excluding hydrogens is 365 g/mol. The smallest absolute Gasteiger partial charge is 0.191 e. The number of benzene rings is 1. The molecule has 2 unspecified atom stereocenters. The average Bonchev–Trinajstić information content (AvgIpc) is 3.38. The molecule has 2 atom stereocenters. The zero-order chi connectivity index (χ0) is 19.3. The van der Waals surface area contributed by atoms with Gasteiger partial charge in [0, 0.05) is 12.3 Å². The third kappa shape index (κ3) is 6.01. The number of ether oxygens (including phenoxy) is 1. The molecule has 2 aliphatic rings. The summed E-state index contributed by atoms with van der Waals surface area (Å²) >= 11 is 1.76. The van der Waals surface area contributed by atoms with E-state index in [2.05, 4.69) is 15.6 Å². The van der Waals surface area contributed by atoms with Gasteiger partial charge in [-0.2, -0.15) is 11.8 Å². The normalized spacial score (nSPS) is 23.9. The quantitative estimate of drug-likeness (QED) is 0.466. The van der Waals surface area contributed by atoms with Crippen LogP contribution in [0.15, 0.2) is 23.2 Å². The van der Waals surface area contributed by atoms with Crippen LogP contribution < -0.4 is 15.4 Å². The molecule has 0 spiro atoms. The lowest BCUT2D eigenvalue weighted by atomic mass is 10.0. The van der Waals surface area contributed by atoms with Crippen LogP contribution in [-0.4, -0.2) is 47.9 Å². The average molecular weight is 396 g/mol. The number of nitrogens with zero attached hydrogens (tertiary/aromatic N) is 1. The van der Waals surface area contributed by atoms with Crippen molar-refractivity contribution < 1.29 is 14.2 Å². The number of halogens is 1. The van der Waals surface area contributed by atoms with Gasteiger partial charge in [-0.25, -0.2) is 4.39 Å². The van der Waals surface area contributed by atoms with E-state index in [-0.39, 0.29) is 11.9 Å². The Labute approximate surface area is 165 Å². The van der Waals surface area contributed by atoms with Crippen molar-refractivity contribution in [2.45, 2.75) is 44.8 Å². The van der Waals surface area contributed by atoms with Crippen LogP contribution in [0.3, 0.4) is 0 Å². The molecule has 1 saturated heterocycles. The first-order valence-corrected chi connectivity index (χ1v) is 10.9. The Morgan fingerprint density at radius 2 is 2.30 bits per heavy atom. The van der Waals surface area contributed by atoms with Crippen molar-refractivity contribution in [2.75, 3.05) is 31.2 Å². The highest BCUT2D eigenvalue weighted by molar-refractivity contribution is 7.99. The molecule has 27 heavy (non-hydrogen) atoms. The summed E-state index contributed by atoms with van der Waals surface area (Å²) in [7, 11) is 0. The minimum atomic E-state index is -0.719. The summed E-state index contributed by atoms with van der Waals surface area (Å²) in [5.74, 6) is 2.90. The van der Waals surface area contributed by atoms with Crippen LogP contribution in [-0.2, 0) is 0 Å². The van der Waals surface area contributed by atoms with Crippen LogP contribution >= 0.6 is 11.8 Å². The van der Waals surface area contributed by atoms with Crippen LogP contribution in [0.5, 0.6) is 5.75 Å². The Morgan fingerprint density at radius 1 is 1.48 bits per heavy atom. The molecule has 0 radical (unpaired) electrons. The second kappa shape index (κ2) is 9.15. The van der Waals surface area contributed by atoms with Crippen molar-refractivity contribution >= 4 is 17.7 Å². The SMILES string of the molecule is CCNC(=NCC1(O)CCSC1)NC(C)c1ccc(OCC2CC2)c(F)c1. The fraction of sp³-hybridized carbons (Fsp3) is 0.650. The van der Waals surface area contributed by atoms with Crippen LogP contribution in [0.4, 0.5) is 4.39 Å². The van der Waals surface area contributed by atoms with Crippen LogP contribution in [0, 0.1) is 11.7 Å². The van der Waals surface area contributed by atoms with Crippen molar-refractivity contribution in [1.29, 1.82) is 0 Å². The Balaban J connectivity index is 1.60. The van der Waals surface area contributed by atoms with Gasteiger partial charge in [-0.05, 0) is 62.5 Å². The molecule has 1 aromatic carbocycles. The molecule has 2 fully saturated rings. The van der Waals surface area contributed by atoms with Gasteiger partial charge in [0.05, 0.1) is 24.8 Å². The lowest BCUT2D eigenvalue weighted by Crippen LogP contribution is -2.41. The minimum Gasteiger partial charge on any atom is -0.490 e. The van der Waals surface area contributed by atoms with Crippen molar-refractivity contribution in [3.05, 3.63) is 29.6 Å². The largest absolute Gasteiger partial charge is 0.490 e. The van der Waals surface area contributed by atoms with Crippen LogP contribution in [0.1, 0.15) is 44.7 Å². The first-order valence-electron chi connectivity index (χ1n) is 9.76. The molecule has 0 bridgehead atoms.